The molecule has 19 heavy (non-hydrogen) atoms. The first-order valence-electron chi connectivity index (χ1n) is 5.64. The minimum atomic E-state index is -0.546. The van der Waals surface area contributed by atoms with Crippen LogP contribution in [0.1, 0.15) is 15.9 Å². The van der Waals surface area contributed by atoms with Crippen LogP contribution in [0.5, 0.6) is 5.75 Å². The van der Waals surface area contributed by atoms with Crippen LogP contribution in [0.2, 0.25) is 0 Å². The van der Waals surface area contributed by atoms with E-state index in [0.29, 0.717) is 16.7 Å². The van der Waals surface area contributed by atoms with Gasteiger partial charge >= 0.3 is 5.69 Å². The fourth-order valence-corrected chi connectivity index (χ4v) is 2.35. The Morgan fingerprint density at radius 1 is 1.05 bits per heavy atom. The summed E-state index contributed by atoms with van der Waals surface area (Å²) in [6.07, 6.45) is 0. The average Bonchev–Trinajstić information content (AvgIpc) is 2.71. The molecule has 0 aromatic heterocycles. The lowest BCUT2D eigenvalue weighted by atomic mass is 10.0. The third-order valence-electron chi connectivity index (χ3n) is 3.22. The first-order chi connectivity index (χ1) is 9.13. The predicted octanol–water partition coefficient (Wildman–Crippen LogP) is 2.81. The number of ether oxygens (including phenoxy) is 1. The van der Waals surface area contributed by atoms with Gasteiger partial charge in [-0.05, 0) is 17.2 Å². The number of nitrogens with zero attached hydrogens (tertiary/aromatic N) is 1. The van der Waals surface area contributed by atoms with Crippen LogP contribution in [0.15, 0.2) is 36.4 Å². The monoisotopic (exact) mass is 255 g/mol. The van der Waals surface area contributed by atoms with Crippen molar-refractivity contribution in [3.05, 3.63) is 57.6 Å². The number of nitro benzene ring substituents is 1. The summed E-state index contributed by atoms with van der Waals surface area (Å²) in [7, 11) is 1.37. The lowest BCUT2D eigenvalue weighted by Gasteiger charge is -2.05. The SMILES string of the molecule is COc1cc2c(cc1[N+](=O)[O-])C(=O)c1ccccc1-2. The number of methoxy groups -OCH3 is 1. The van der Waals surface area contributed by atoms with Crippen LogP contribution in [-0.4, -0.2) is 17.8 Å². The van der Waals surface area contributed by atoms with Crippen molar-refractivity contribution in [2.75, 3.05) is 7.11 Å². The van der Waals surface area contributed by atoms with Crippen LogP contribution in [0.25, 0.3) is 11.1 Å². The highest BCUT2D eigenvalue weighted by Gasteiger charge is 2.30. The van der Waals surface area contributed by atoms with Crippen LogP contribution in [-0.2, 0) is 0 Å². The summed E-state index contributed by atoms with van der Waals surface area (Å²) in [6, 6.07) is 9.98. The van der Waals surface area contributed by atoms with E-state index in [1.165, 1.54) is 13.2 Å². The second-order valence-corrected chi connectivity index (χ2v) is 4.20. The molecule has 0 atom stereocenters. The molecule has 94 valence electrons. The maximum Gasteiger partial charge on any atom is 0.311 e. The van der Waals surface area contributed by atoms with Crippen LogP contribution in [0, 0.1) is 10.1 Å². The van der Waals surface area contributed by atoms with Gasteiger partial charge in [0.05, 0.1) is 12.0 Å². The van der Waals surface area contributed by atoms with E-state index in [0.717, 1.165) is 5.56 Å². The molecule has 1 aliphatic rings. The third-order valence-corrected chi connectivity index (χ3v) is 3.22. The Bertz CT molecular complexity index is 721. The van der Waals surface area contributed by atoms with Crippen molar-refractivity contribution in [1.29, 1.82) is 0 Å². The molecule has 0 spiro atoms. The molecule has 2 aromatic rings. The zero-order chi connectivity index (χ0) is 13.6. The molecule has 0 aliphatic heterocycles. The maximum atomic E-state index is 12.2. The number of benzene rings is 2. The first-order valence-corrected chi connectivity index (χ1v) is 5.64. The number of rotatable bonds is 2. The van der Waals surface area contributed by atoms with E-state index in [1.807, 2.05) is 12.1 Å². The second kappa shape index (κ2) is 3.91. The van der Waals surface area contributed by atoms with Crippen molar-refractivity contribution in [2.45, 2.75) is 0 Å². The van der Waals surface area contributed by atoms with Crippen LogP contribution in [0.4, 0.5) is 5.69 Å². The van der Waals surface area contributed by atoms with E-state index >= 15 is 0 Å². The summed E-state index contributed by atoms with van der Waals surface area (Å²) in [6.45, 7) is 0. The zero-order valence-electron chi connectivity index (χ0n) is 10.0. The van der Waals surface area contributed by atoms with Crippen molar-refractivity contribution >= 4 is 11.5 Å². The Kier molecular flexibility index (Phi) is 2.35. The molecule has 0 amide bonds. The average molecular weight is 255 g/mol. The smallest absolute Gasteiger partial charge is 0.311 e. The topological polar surface area (TPSA) is 69.4 Å². The Hall–Kier alpha value is -2.69. The lowest BCUT2D eigenvalue weighted by molar-refractivity contribution is -0.385. The number of hydrogen-bond donors (Lipinski definition) is 0. The fraction of sp³-hybridized carbons (Fsp3) is 0.0714. The molecule has 0 radical (unpaired) electrons. The molecule has 5 heteroatoms. The highest BCUT2D eigenvalue weighted by Crippen LogP contribution is 2.42. The van der Waals surface area contributed by atoms with Gasteiger partial charge in [0.25, 0.3) is 0 Å². The zero-order valence-corrected chi connectivity index (χ0v) is 10.0. The van der Waals surface area contributed by atoms with Gasteiger partial charge in [-0.15, -0.1) is 0 Å². The highest BCUT2D eigenvalue weighted by atomic mass is 16.6. The number of fused-ring (bicyclic) bond motifs is 3. The molecule has 3 rings (SSSR count). The molecule has 0 saturated carbocycles. The molecule has 5 nitrogen and oxygen atoms in total. The summed E-state index contributed by atoms with van der Waals surface area (Å²) in [5.74, 6) is -0.0235. The van der Waals surface area contributed by atoms with Crippen molar-refractivity contribution < 1.29 is 14.5 Å². The van der Waals surface area contributed by atoms with Gasteiger partial charge in [-0.2, -0.15) is 0 Å². The summed E-state index contributed by atoms with van der Waals surface area (Å²) in [5.41, 5.74) is 2.20. The molecule has 0 saturated heterocycles. The van der Waals surface area contributed by atoms with E-state index in [2.05, 4.69) is 0 Å². The molecule has 0 bridgehead atoms. The Morgan fingerprint density at radius 2 is 1.74 bits per heavy atom. The molecular formula is C14H9NO4. The van der Waals surface area contributed by atoms with Crippen LogP contribution < -0.4 is 4.74 Å². The number of nitro groups is 1. The van der Waals surface area contributed by atoms with Crippen molar-refractivity contribution in [1.82, 2.24) is 0 Å². The lowest BCUT2D eigenvalue weighted by Crippen LogP contribution is -1.99. The maximum absolute atomic E-state index is 12.2. The summed E-state index contributed by atoms with van der Waals surface area (Å²) in [5, 5.41) is 11.0. The second-order valence-electron chi connectivity index (χ2n) is 4.20. The van der Waals surface area contributed by atoms with Gasteiger partial charge in [0.1, 0.15) is 0 Å². The summed E-state index contributed by atoms with van der Waals surface area (Å²) in [4.78, 5) is 22.6. The van der Waals surface area contributed by atoms with Crippen molar-refractivity contribution in [3.8, 4) is 16.9 Å². The van der Waals surface area contributed by atoms with Gasteiger partial charge in [-0.1, -0.05) is 24.3 Å². The van der Waals surface area contributed by atoms with E-state index in [9.17, 15) is 14.9 Å². The number of ketones is 1. The third kappa shape index (κ3) is 1.52. The molecular weight excluding hydrogens is 246 g/mol. The quantitative estimate of drug-likeness (QED) is 0.521. The van der Waals surface area contributed by atoms with Gasteiger partial charge in [0.15, 0.2) is 11.5 Å². The Labute approximate surface area is 108 Å². The molecule has 0 heterocycles. The summed E-state index contributed by atoms with van der Waals surface area (Å²) >= 11 is 0. The van der Waals surface area contributed by atoms with Gasteiger partial charge < -0.3 is 4.74 Å². The predicted molar refractivity (Wildman–Crippen MR) is 68.5 cm³/mol. The molecule has 0 fully saturated rings. The van der Waals surface area contributed by atoms with E-state index < -0.39 is 4.92 Å². The molecule has 2 aromatic carbocycles. The molecule has 1 aliphatic carbocycles. The van der Waals surface area contributed by atoms with Gasteiger partial charge in [-0.25, -0.2) is 0 Å². The normalized spacial score (nSPS) is 11.9. The van der Waals surface area contributed by atoms with Gasteiger partial charge in [0, 0.05) is 17.2 Å². The van der Waals surface area contributed by atoms with Crippen molar-refractivity contribution in [2.24, 2.45) is 0 Å². The minimum absolute atomic E-state index is 0.160. The van der Waals surface area contributed by atoms with Crippen LogP contribution in [0.3, 0.4) is 0 Å². The molecule has 0 unspecified atom stereocenters. The van der Waals surface area contributed by atoms with E-state index in [1.54, 1.807) is 18.2 Å². The number of carbonyl (C=O) groups excluding carboxylic acids is 1. The Balaban J connectivity index is 2.32. The fourth-order valence-electron chi connectivity index (χ4n) is 2.35. The number of carbonyl (C=O) groups is 1. The Morgan fingerprint density at radius 3 is 2.37 bits per heavy atom. The molecule has 0 N–H and O–H groups in total. The van der Waals surface area contributed by atoms with E-state index in [4.69, 9.17) is 4.74 Å². The minimum Gasteiger partial charge on any atom is -0.490 e. The summed E-state index contributed by atoms with van der Waals surface area (Å²) < 4.78 is 5.03. The largest absolute Gasteiger partial charge is 0.490 e. The first kappa shape index (κ1) is 11.4. The van der Waals surface area contributed by atoms with Gasteiger partial charge in [0.2, 0.25) is 0 Å². The standard InChI is InChI=1S/C14H9NO4/c1-19-13-7-10-8-4-2-3-5-9(8)14(16)11(10)6-12(13)15(17)18/h2-7H,1H3. The van der Waals surface area contributed by atoms with Crippen LogP contribution >= 0.6 is 0 Å². The van der Waals surface area contributed by atoms with Gasteiger partial charge in [-0.3, -0.25) is 14.9 Å². The highest BCUT2D eigenvalue weighted by molar-refractivity contribution is 6.22. The number of hydrogen-bond acceptors (Lipinski definition) is 4. The van der Waals surface area contributed by atoms with E-state index in [-0.39, 0.29) is 17.2 Å². The van der Waals surface area contributed by atoms with Crippen molar-refractivity contribution in [3.63, 3.8) is 0 Å².